The van der Waals surface area contributed by atoms with Crippen LogP contribution in [0.3, 0.4) is 0 Å². The molecule has 0 spiro atoms. The first-order chi connectivity index (χ1) is 19.9. The summed E-state index contributed by atoms with van der Waals surface area (Å²) < 4.78 is 37.4. The zero-order chi connectivity index (χ0) is 27.9. The van der Waals surface area contributed by atoms with Gasteiger partial charge in [0.05, 0.1) is 30.7 Å². The van der Waals surface area contributed by atoms with Crippen molar-refractivity contribution in [3.63, 3.8) is 0 Å². The SMILES string of the molecule is Cc1cc(F)c(NC(=O)c2cc(C34CC(C3)C4)ncc2F)cc1-c1cc(N2CCOCC2)n2nc(C3CC3)nc2c1. The molecule has 0 unspecified atom stereocenters. The molecule has 4 aliphatic carbocycles. The van der Waals surface area contributed by atoms with Gasteiger partial charge in [-0.15, -0.1) is 5.10 Å². The Morgan fingerprint density at radius 3 is 2.54 bits per heavy atom. The van der Waals surface area contributed by atoms with Gasteiger partial charge in [0.2, 0.25) is 0 Å². The van der Waals surface area contributed by atoms with Crippen molar-refractivity contribution in [1.29, 1.82) is 0 Å². The number of halogens is 2. The predicted octanol–water partition coefficient (Wildman–Crippen LogP) is 5.40. The first-order valence-corrected chi connectivity index (χ1v) is 14.4. The standard InChI is InChI=1S/C31H30F2N6O2/c1-17-8-23(32)25(35-30(40)22-12-26(34-16-24(22)33)31-13-18(14-31)15-31)11-21(17)20-9-27-36-29(19-2-3-19)37-39(27)28(10-20)38-4-6-41-7-5-38/h8-12,16,18-19H,2-7,13-15H2,1H3,(H,35,40). The molecule has 1 N–H and O–H groups in total. The summed E-state index contributed by atoms with van der Waals surface area (Å²) in [5.41, 5.74) is 3.62. The number of hydrogen-bond donors (Lipinski definition) is 1. The van der Waals surface area contributed by atoms with E-state index in [0.29, 0.717) is 24.7 Å². The van der Waals surface area contributed by atoms with E-state index in [1.54, 1.807) is 12.1 Å². The molecule has 5 aliphatic rings. The molecule has 8 nitrogen and oxygen atoms in total. The monoisotopic (exact) mass is 556 g/mol. The van der Waals surface area contributed by atoms with Crippen LogP contribution in [0.2, 0.25) is 0 Å². The molecular formula is C31H30F2N6O2. The minimum atomic E-state index is -0.718. The summed E-state index contributed by atoms with van der Waals surface area (Å²) in [7, 11) is 0. The van der Waals surface area contributed by atoms with Crippen LogP contribution in [0.25, 0.3) is 16.8 Å². The Hall–Kier alpha value is -3.92. The van der Waals surface area contributed by atoms with Gasteiger partial charge in [-0.05, 0) is 92.0 Å². The van der Waals surface area contributed by atoms with Crippen molar-refractivity contribution in [2.75, 3.05) is 36.5 Å². The van der Waals surface area contributed by atoms with Crippen LogP contribution in [0, 0.1) is 24.5 Å². The van der Waals surface area contributed by atoms with Crippen LogP contribution in [-0.4, -0.2) is 51.8 Å². The summed E-state index contributed by atoms with van der Waals surface area (Å²) in [6.45, 7) is 4.53. The summed E-state index contributed by atoms with van der Waals surface area (Å²) in [6, 6.07) is 8.55. The number of aromatic nitrogens is 4. The fourth-order valence-corrected chi connectivity index (χ4v) is 6.64. The minimum absolute atomic E-state index is 0.00758. The van der Waals surface area contributed by atoms with E-state index in [2.05, 4.69) is 15.2 Å². The molecule has 3 aromatic heterocycles. The zero-order valence-electron chi connectivity index (χ0n) is 22.8. The lowest BCUT2D eigenvalue weighted by Crippen LogP contribution is -2.55. The van der Waals surface area contributed by atoms with Gasteiger partial charge in [0, 0.05) is 30.1 Å². The van der Waals surface area contributed by atoms with Gasteiger partial charge >= 0.3 is 0 Å². The minimum Gasteiger partial charge on any atom is -0.378 e. The lowest BCUT2D eigenvalue weighted by Gasteiger charge is -2.61. The maximum atomic E-state index is 15.2. The fourth-order valence-electron chi connectivity index (χ4n) is 6.64. The molecule has 4 heterocycles. The van der Waals surface area contributed by atoms with Gasteiger partial charge in [0.25, 0.3) is 5.91 Å². The lowest BCUT2D eigenvalue weighted by molar-refractivity contribution is -0.0309. The molecular weight excluding hydrogens is 526 g/mol. The number of hydrogen-bond acceptors (Lipinski definition) is 6. The second kappa shape index (κ2) is 9.04. The molecule has 0 atom stereocenters. The van der Waals surface area contributed by atoms with Crippen LogP contribution in [0.5, 0.6) is 0 Å². The number of nitrogens with zero attached hydrogens (tertiary/aromatic N) is 5. The highest BCUT2D eigenvalue weighted by molar-refractivity contribution is 6.05. The van der Waals surface area contributed by atoms with Gasteiger partial charge in [-0.3, -0.25) is 9.78 Å². The van der Waals surface area contributed by atoms with Crippen LogP contribution in [0.1, 0.15) is 65.5 Å². The summed E-state index contributed by atoms with van der Waals surface area (Å²) in [5.74, 6) is 0.871. The fraction of sp³-hybridized carbons (Fsp3) is 0.419. The van der Waals surface area contributed by atoms with Gasteiger partial charge in [-0.25, -0.2) is 13.8 Å². The Balaban J connectivity index is 1.16. The van der Waals surface area contributed by atoms with E-state index in [9.17, 15) is 9.18 Å². The third-order valence-electron chi connectivity index (χ3n) is 9.27. The molecule has 1 aromatic carbocycles. The highest BCUT2D eigenvalue weighted by Gasteiger charge is 2.58. The number of carbonyl (C=O) groups is 1. The summed E-state index contributed by atoms with van der Waals surface area (Å²) in [6.07, 6.45) is 6.41. The Bertz CT molecular complexity index is 1710. The maximum Gasteiger partial charge on any atom is 0.258 e. The smallest absolute Gasteiger partial charge is 0.258 e. The topological polar surface area (TPSA) is 84.7 Å². The number of carbonyl (C=O) groups excluding carboxylic acids is 1. The molecule has 210 valence electrons. The Morgan fingerprint density at radius 2 is 1.83 bits per heavy atom. The second-order valence-corrected chi connectivity index (χ2v) is 12.1. The average Bonchev–Trinajstić information content (AvgIpc) is 3.68. The van der Waals surface area contributed by atoms with Crippen molar-refractivity contribution in [3.05, 3.63) is 70.8 Å². The van der Waals surface area contributed by atoms with Gasteiger partial charge in [0.1, 0.15) is 11.6 Å². The van der Waals surface area contributed by atoms with E-state index < -0.39 is 17.5 Å². The third-order valence-corrected chi connectivity index (χ3v) is 9.27. The predicted molar refractivity (Wildman–Crippen MR) is 149 cm³/mol. The summed E-state index contributed by atoms with van der Waals surface area (Å²) >= 11 is 0. The number of anilines is 2. The number of nitrogens with one attached hydrogen (secondary N) is 1. The Labute approximate surface area is 235 Å². The molecule has 4 aromatic rings. The number of ether oxygens (including phenoxy) is 1. The van der Waals surface area contributed by atoms with E-state index in [0.717, 1.165) is 91.4 Å². The molecule has 0 radical (unpaired) electrons. The van der Waals surface area contributed by atoms with E-state index in [-0.39, 0.29) is 16.7 Å². The first kappa shape index (κ1) is 24.8. The van der Waals surface area contributed by atoms with E-state index >= 15 is 4.39 Å². The molecule has 41 heavy (non-hydrogen) atoms. The number of amides is 1. The molecule has 9 rings (SSSR count). The number of fused-ring (bicyclic) bond motifs is 1. The van der Waals surface area contributed by atoms with Crippen molar-refractivity contribution < 1.29 is 18.3 Å². The van der Waals surface area contributed by atoms with Crippen LogP contribution in [0.15, 0.2) is 36.5 Å². The number of benzene rings is 1. The largest absolute Gasteiger partial charge is 0.378 e. The van der Waals surface area contributed by atoms with Gasteiger partial charge < -0.3 is 15.0 Å². The molecule has 4 saturated carbocycles. The second-order valence-electron chi connectivity index (χ2n) is 12.1. The average molecular weight is 557 g/mol. The van der Waals surface area contributed by atoms with Crippen LogP contribution in [0.4, 0.5) is 20.3 Å². The zero-order valence-corrected chi connectivity index (χ0v) is 22.8. The number of aryl methyl sites for hydroxylation is 1. The molecule has 1 amide bonds. The van der Waals surface area contributed by atoms with Crippen molar-refractivity contribution in [2.45, 2.75) is 50.4 Å². The number of morpholine rings is 1. The van der Waals surface area contributed by atoms with E-state index in [1.807, 2.05) is 23.6 Å². The van der Waals surface area contributed by atoms with Crippen molar-refractivity contribution in [3.8, 4) is 11.1 Å². The molecule has 5 fully saturated rings. The Morgan fingerprint density at radius 1 is 1.05 bits per heavy atom. The maximum absolute atomic E-state index is 15.2. The van der Waals surface area contributed by atoms with Crippen molar-refractivity contribution in [2.24, 2.45) is 5.92 Å². The highest BCUT2D eigenvalue weighted by Crippen LogP contribution is 2.64. The summed E-state index contributed by atoms with van der Waals surface area (Å²) in [5, 5.41) is 7.46. The van der Waals surface area contributed by atoms with Crippen LogP contribution < -0.4 is 10.2 Å². The molecule has 2 bridgehead atoms. The normalized spacial score (nSPS) is 23.3. The van der Waals surface area contributed by atoms with E-state index in [1.165, 1.54) is 6.07 Å². The van der Waals surface area contributed by atoms with Crippen LogP contribution >= 0.6 is 0 Å². The highest BCUT2D eigenvalue weighted by atomic mass is 19.1. The number of rotatable bonds is 6. The molecule has 1 aliphatic heterocycles. The summed E-state index contributed by atoms with van der Waals surface area (Å²) in [4.78, 5) is 24.6. The van der Waals surface area contributed by atoms with Gasteiger partial charge in [-0.1, -0.05) is 0 Å². The molecule has 1 saturated heterocycles. The van der Waals surface area contributed by atoms with Crippen LogP contribution in [-0.2, 0) is 10.2 Å². The Kier molecular flexibility index (Phi) is 5.48. The van der Waals surface area contributed by atoms with Gasteiger partial charge in [-0.2, -0.15) is 4.52 Å². The van der Waals surface area contributed by atoms with Gasteiger partial charge in [0.15, 0.2) is 17.3 Å². The number of pyridine rings is 2. The van der Waals surface area contributed by atoms with Crippen molar-refractivity contribution in [1.82, 2.24) is 19.6 Å². The first-order valence-electron chi connectivity index (χ1n) is 14.4. The quantitative estimate of drug-likeness (QED) is 0.343. The van der Waals surface area contributed by atoms with E-state index in [4.69, 9.17) is 14.8 Å². The molecule has 10 heteroatoms. The third kappa shape index (κ3) is 4.10. The van der Waals surface area contributed by atoms with Crippen molar-refractivity contribution >= 4 is 23.1 Å². The lowest BCUT2D eigenvalue weighted by atomic mass is 9.43.